The van der Waals surface area contributed by atoms with Crippen LogP contribution in [0.2, 0.25) is 0 Å². The Morgan fingerprint density at radius 1 is 1.47 bits per heavy atom. The summed E-state index contributed by atoms with van der Waals surface area (Å²) in [5.41, 5.74) is 1.45. The van der Waals surface area contributed by atoms with E-state index in [4.69, 9.17) is 4.74 Å². The molecule has 1 unspecified atom stereocenters. The van der Waals surface area contributed by atoms with Gasteiger partial charge in [-0.15, -0.1) is 0 Å². The van der Waals surface area contributed by atoms with Crippen molar-refractivity contribution >= 4 is 11.6 Å². The van der Waals surface area contributed by atoms with Gasteiger partial charge in [-0.05, 0) is 25.8 Å². The molecule has 1 heterocycles. The second-order valence-electron chi connectivity index (χ2n) is 4.52. The summed E-state index contributed by atoms with van der Waals surface area (Å²) in [6.45, 7) is 5.46. The Morgan fingerprint density at radius 2 is 2.26 bits per heavy atom. The largest absolute Gasteiger partial charge is 0.385 e. The molecule has 0 saturated carbocycles. The molecular formula is C14H23N3O2. The van der Waals surface area contributed by atoms with Gasteiger partial charge in [0.25, 0.3) is 5.91 Å². The van der Waals surface area contributed by atoms with E-state index in [1.54, 1.807) is 19.5 Å². The van der Waals surface area contributed by atoms with Crippen LogP contribution in [0.25, 0.3) is 0 Å². The molecule has 106 valence electrons. The van der Waals surface area contributed by atoms with Crippen molar-refractivity contribution in [3.8, 4) is 0 Å². The third-order valence-corrected chi connectivity index (χ3v) is 2.84. The number of rotatable bonds is 8. The predicted octanol–water partition coefficient (Wildman–Crippen LogP) is 2.06. The molecule has 0 aliphatic heterocycles. The van der Waals surface area contributed by atoms with Crippen LogP contribution >= 0.6 is 0 Å². The zero-order valence-electron chi connectivity index (χ0n) is 11.9. The van der Waals surface area contributed by atoms with Gasteiger partial charge in [-0.2, -0.15) is 0 Å². The highest BCUT2D eigenvalue weighted by molar-refractivity contribution is 5.94. The van der Waals surface area contributed by atoms with E-state index in [0.717, 1.165) is 18.5 Å². The summed E-state index contributed by atoms with van der Waals surface area (Å²) in [6.07, 6.45) is 5.13. The van der Waals surface area contributed by atoms with E-state index in [0.29, 0.717) is 24.8 Å². The Labute approximate surface area is 114 Å². The Kier molecular flexibility index (Phi) is 6.89. The summed E-state index contributed by atoms with van der Waals surface area (Å²) in [7, 11) is 1.65. The van der Waals surface area contributed by atoms with E-state index < -0.39 is 0 Å². The minimum Gasteiger partial charge on any atom is -0.385 e. The number of nitrogens with zero attached hydrogens (tertiary/aromatic N) is 1. The van der Waals surface area contributed by atoms with Gasteiger partial charge in [-0.3, -0.25) is 9.78 Å². The van der Waals surface area contributed by atoms with Crippen molar-refractivity contribution in [2.75, 3.05) is 25.6 Å². The maximum atomic E-state index is 11.9. The molecule has 0 aromatic carbocycles. The van der Waals surface area contributed by atoms with Crippen LogP contribution in [0, 0.1) is 0 Å². The first-order chi connectivity index (χ1) is 9.17. The van der Waals surface area contributed by atoms with Gasteiger partial charge in [0.05, 0.1) is 11.3 Å². The van der Waals surface area contributed by atoms with Gasteiger partial charge in [-0.25, -0.2) is 0 Å². The zero-order chi connectivity index (χ0) is 14.1. The number of hydrogen-bond donors (Lipinski definition) is 2. The van der Waals surface area contributed by atoms with E-state index in [2.05, 4.69) is 29.5 Å². The van der Waals surface area contributed by atoms with Crippen LogP contribution in [-0.2, 0) is 4.74 Å². The number of nitrogens with one attached hydrogen (secondary N) is 2. The Bertz CT molecular complexity index is 396. The van der Waals surface area contributed by atoms with Crippen molar-refractivity contribution in [2.45, 2.75) is 32.7 Å². The third-order valence-electron chi connectivity index (χ3n) is 2.84. The molecule has 5 nitrogen and oxygen atoms in total. The van der Waals surface area contributed by atoms with Gasteiger partial charge in [0.2, 0.25) is 0 Å². The highest BCUT2D eigenvalue weighted by atomic mass is 16.5. The number of methoxy groups -OCH3 is 1. The summed E-state index contributed by atoms with van der Waals surface area (Å²) in [5.74, 6) is -0.101. The molecule has 2 N–H and O–H groups in total. The monoisotopic (exact) mass is 265 g/mol. The summed E-state index contributed by atoms with van der Waals surface area (Å²) in [4.78, 5) is 16.0. The fraction of sp³-hybridized carbons (Fsp3) is 0.571. The second-order valence-corrected chi connectivity index (χ2v) is 4.52. The average Bonchev–Trinajstić information content (AvgIpc) is 2.43. The van der Waals surface area contributed by atoms with Crippen LogP contribution in [0.1, 0.15) is 37.0 Å². The quantitative estimate of drug-likeness (QED) is 0.706. The van der Waals surface area contributed by atoms with E-state index in [-0.39, 0.29) is 5.91 Å². The number of amides is 1. The molecule has 0 aliphatic carbocycles. The highest BCUT2D eigenvalue weighted by Crippen LogP contribution is 2.10. The van der Waals surface area contributed by atoms with E-state index in [1.807, 2.05) is 6.07 Å². The number of anilines is 1. The van der Waals surface area contributed by atoms with Crippen molar-refractivity contribution in [1.82, 2.24) is 10.3 Å². The smallest absolute Gasteiger partial charge is 0.252 e. The van der Waals surface area contributed by atoms with E-state index in [9.17, 15) is 4.79 Å². The molecule has 1 aromatic rings. The summed E-state index contributed by atoms with van der Waals surface area (Å²) < 4.78 is 4.93. The minimum atomic E-state index is -0.101. The first-order valence-corrected chi connectivity index (χ1v) is 6.66. The SMILES string of the molecule is CCC(C)Nc1cncc(C(=O)NCCCOC)c1. The fourth-order valence-corrected chi connectivity index (χ4v) is 1.55. The molecule has 1 aromatic heterocycles. The van der Waals surface area contributed by atoms with Crippen LogP contribution in [0.15, 0.2) is 18.5 Å². The first-order valence-electron chi connectivity index (χ1n) is 6.66. The fourth-order valence-electron chi connectivity index (χ4n) is 1.55. The molecule has 1 atom stereocenters. The Morgan fingerprint density at radius 3 is 2.95 bits per heavy atom. The lowest BCUT2D eigenvalue weighted by atomic mass is 10.2. The molecule has 0 bridgehead atoms. The van der Waals surface area contributed by atoms with Crippen LogP contribution in [-0.4, -0.2) is 37.2 Å². The molecule has 0 radical (unpaired) electrons. The zero-order valence-corrected chi connectivity index (χ0v) is 11.9. The number of aromatic nitrogens is 1. The number of carbonyl (C=O) groups excluding carboxylic acids is 1. The van der Waals surface area contributed by atoms with Crippen molar-refractivity contribution in [3.05, 3.63) is 24.0 Å². The maximum absolute atomic E-state index is 11.9. The topological polar surface area (TPSA) is 63.2 Å². The average molecular weight is 265 g/mol. The summed E-state index contributed by atoms with van der Waals surface area (Å²) in [5, 5.41) is 6.14. The molecule has 0 saturated heterocycles. The molecule has 1 rings (SSSR count). The number of pyridine rings is 1. The predicted molar refractivity (Wildman–Crippen MR) is 76.4 cm³/mol. The van der Waals surface area contributed by atoms with Crippen molar-refractivity contribution in [1.29, 1.82) is 0 Å². The van der Waals surface area contributed by atoms with Gasteiger partial charge < -0.3 is 15.4 Å². The summed E-state index contributed by atoms with van der Waals surface area (Å²) in [6, 6.07) is 2.19. The van der Waals surface area contributed by atoms with Gasteiger partial charge in [0.15, 0.2) is 0 Å². The standard InChI is InChI=1S/C14H23N3O2/c1-4-11(2)17-13-8-12(9-15-10-13)14(18)16-6-5-7-19-3/h8-11,17H,4-7H2,1-3H3,(H,16,18). The Hall–Kier alpha value is -1.62. The normalized spacial score (nSPS) is 11.9. The minimum absolute atomic E-state index is 0.101. The molecule has 0 aliphatic rings. The van der Waals surface area contributed by atoms with Crippen LogP contribution in [0.4, 0.5) is 5.69 Å². The van der Waals surface area contributed by atoms with Crippen molar-refractivity contribution < 1.29 is 9.53 Å². The number of carbonyl (C=O) groups is 1. The lowest BCUT2D eigenvalue weighted by Crippen LogP contribution is -2.25. The number of hydrogen-bond acceptors (Lipinski definition) is 4. The van der Waals surface area contributed by atoms with Crippen LogP contribution in [0.5, 0.6) is 0 Å². The van der Waals surface area contributed by atoms with Crippen LogP contribution in [0.3, 0.4) is 0 Å². The highest BCUT2D eigenvalue weighted by Gasteiger charge is 2.07. The summed E-state index contributed by atoms with van der Waals surface area (Å²) >= 11 is 0. The Balaban J connectivity index is 2.52. The van der Waals surface area contributed by atoms with Crippen molar-refractivity contribution in [3.63, 3.8) is 0 Å². The molecule has 5 heteroatoms. The maximum Gasteiger partial charge on any atom is 0.252 e. The van der Waals surface area contributed by atoms with Gasteiger partial charge in [0.1, 0.15) is 0 Å². The van der Waals surface area contributed by atoms with E-state index >= 15 is 0 Å². The van der Waals surface area contributed by atoms with Gasteiger partial charge in [-0.1, -0.05) is 6.92 Å². The number of ether oxygens (including phenoxy) is 1. The molecule has 1 amide bonds. The van der Waals surface area contributed by atoms with Gasteiger partial charge >= 0.3 is 0 Å². The lowest BCUT2D eigenvalue weighted by Gasteiger charge is -2.13. The second kappa shape index (κ2) is 8.48. The molecule has 0 fully saturated rings. The third kappa shape index (κ3) is 5.70. The van der Waals surface area contributed by atoms with Crippen LogP contribution < -0.4 is 10.6 Å². The molecular weight excluding hydrogens is 242 g/mol. The molecule has 19 heavy (non-hydrogen) atoms. The van der Waals surface area contributed by atoms with E-state index in [1.165, 1.54) is 0 Å². The first kappa shape index (κ1) is 15.4. The van der Waals surface area contributed by atoms with Gasteiger partial charge in [0, 0.05) is 38.7 Å². The lowest BCUT2D eigenvalue weighted by molar-refractivity contribution is 0.0948. The van der Waals surface area contributed by atoms with Crippen molar-refractivity contribution in [2.24, 2.45) is 0 Å². The molecule has 0 spiro atoms.